The Morgan fingerprint density at radius 2 is 1.00 bits per heavy atom. The van der Waals surface area contributed by atoms with Crippen molar-refractivity contribution in [2.24, 2.45) is 0 Å². The van der Waals surface area contributed by atoms with Crippen LogP contribution >= 0.6 is 0 Å². The monoisotopic (exact) mass is 91.0 g/mol. The van der Waals surface area contributed by atoms with Crippen molar-refractivity contribution in [2.75, 3.05) is 0 Å². The quantitative estimate of drug-likeness (QED) is 0.322. The maximum atomic E-state index is 0. The summed E-state index contributed by atoms with van der Waals surface area (Å²) in [5, 5.41) is 0. The molecular formula is H10AlMgNO. The van der Waals surface area contributed by atoms with E-state index >= 15 is 0 Å². The second kappa shape index (κ2) is 29.4. The minimum absolute atomic E-state index is 0. The first-order valence-corrected chi connectivity index (χ1v) is 0. The van der Waals surface area contributed by atoms with Crippen molar-refractivity contribution < 1.29 is 5.48 Å². The molecule has 0 amide bonds. The third-order valence-electron chi connectivity index (χ3n) is 0. The zero-order chi connectivity index (χ0) is 0. The molecule has 0 bridgehead atoms. The van der Waals surface area contributed by atoms with Gasteiger partial charge in [-0.25, -0.2) is 0 Å². The zero-order valence-electron chi connectivity index (χ0n) is 1.21. The Morgan fingerprint density at radius 1 is 1.00 bits per heavy atom. The van der Waals surface area contributed by atoms with Crippen LogP contribution in [-0.4, -0.2) is 45.9 Å². The molecule has 0 atom stereocenters. The summed E-state index contributed by atoms with van der Waals surface area (Å²) in [5.74, 6) is 0. The van der Waals surface area contributed by atoms with Gasteiger partial charge in [-0.05, 0) is 0 Å². The maximum absolute atomic E-state index is 0. The molecule has 4 heavy (non-hydrogen) atoms. The van der Waals surface area contributed by atoms with Crippen LogP contribution < -0.4 is 6.15 Å². The fourth-order valence-electron chi connectivity index (χ4n) is 0. The summed E-state index contributed by atoms with van der Waals surface area (Å²) < 4.78 is 0. The van der Waals surface area contributed by atoms with Crippen LogP contribution in [0.4, 0.5) is 0 Å². The van der Waals surface area contributed by atoms with Crippen LogP contribution in [0, 0.1) is 0 Å². The minimum Gasteiger partial charge on any atom is -0.412 e. The van der Waals surface area contributed by atoms with Gasteiger partial charge in [0.25, 0.3) is 0 Å². The van der Waals surface area contributed by atoms with Crippen molar-refractivity contribution in [1.29, 1.82) is 0 Å². The van der Waals surface area contributed by atoms with Gasteiger partial charge in [0.05, 0.1) is 0 Å². The van der Waals surface area contributed by atoms with Gasteiger partial charge in [-0.3, -0.25) is 0 Å². The van der Waals surface area contributed by atoms with E-state index in [1.807, 2.05) is 0 Å². The molecular weight excluding hydrogens is 81.3 g/mol. The molecule has 0 aromatic heterocycles. The maximum Gasteiger partial charge on any atom is 0.316 e. The van der Waals surface area contributed by atoms with E-state index < -0.39 is 0 Å². The summed E-state index contributed by atoms with van der Waals surface area (Å²) >= 11 is 0. The fraction of sp³-hybridized carbons (Fsp3) is 0. The second-order valence-electron chi connectivity index (χ2n) is 0. The van der Waals surface area contributed by atoms with Gasteiger partial charge in [0.1, 0.15) is 0 Å². The highest BCUT2D eigenvalue weighted by atomic mass is 27.0. The summed E-state index contributed by atoms with van der Waals surface area (Å²) in [4.78, 5) is 0. The Hall–Kier alpha value is 1.22. The van der Waals surface area contributed by atoms with E-state index in [1.165, 1.54) is 0 Å². The van der Waals surface area contributed by atoms with E-state index in [2.05, 4.69) is 0 Å². The molecule has 0 aliphatic rings. The Labute approximate surface area is 52.1 Å². The lowest BCUT2D eigenvalue weighted by Crippen LogP contribution is -0.481. The molecule has 0 heterocycles. The highest BCUT2D eigenvalue weighted by molar-refractivity contribution is 5.76. The van der Waals surface area contributed by atoms with Gasteiger partial charge in [0, 0.05) is 0 Å². The average Bonchev–Trinajstić information content (AvgIpc) is 0. The van der Waals surface area contributed by atoms with Gasteiger partial charge in [-0.15, -0.1) is 0 Å². The molecule has 4 heteroatoms. The summed E-state index contributed by atoms with van der Waals surface area (Å²) in [6.45, 7) is 0. The van der Waals surface area contributed by atoms with Crippen LogP contribution in [0.5, 0.6) is 0 Å². The molecule has 0 saturated heterocycles. The summed E-state index contributed by atoms with van der Waals surface area (Å²) in [6.07, 6.45) is 0. The van der Waals surface area contributed by atoms with Crippen LogP contribution in [0.25, 0.3) is 0 Å². The molecule has 0 aliphatic heterocycles. The van der Waals surface area contributed by atoms with E-state index in [0.717, 1.165) is 0 Å². The Morgan fingerprint density at radius 3 is 1.00 bits per heavy atom. The molecule has 0 fully saturated rings. The molecule has 0 saturated carbocycles. The van der Waals surface area contributed by atoms with Crippen LogP contribution in [0.15, 0.2) is 0 Å². The van der Waals surface area contributed by atoms with E-state index in [0.29, 0.717) is 0 Å². The van der Waals surface area contributed by atoms with Crippen LogP contribution in [0.2, 0.25) is 0 Å². The van der Waals surface area contributed by atoms with Crippen molar-refractivity contribution in [3.05, 3.63) is 0 Å². The molecule has 0 spiro atoms. The van der Waals surface area contributed by atoms with E-state index in [9.17, 15) is 0 Å². The summed E-state index contributed by atoms with van der Waals surface area (Å²) in [6, 6.07) is 0. The highest BCUT2D eigenvalue weighted by Gasteiger charge is 0.316. The smallest absolute Gasteiger partial charge is 0.316 e. The van der Waals surface area contributed by atoms with Crippen molar-refractivity contribution in [1.82, 2.24) is 6.15 Å². The van der Waals surface area contributed by atoms with Gasteiger partial charge in [-0.1, -0.05) is 0 Å². The average molecular weight is 91.4 g/mol. The lowest BCUT2D eigenvalue weighted by molar-refractivity contribution is 0.824. The summed E-state index contributed by atoms with van der Waals surface area (Å²) in [7, 11) is 0. The van der Waals surface area contributed by atoms with Crippen LogP contribution in [0.3, 0.4) is 0 Å². The molecule has 0 aromatic carbocycles. The highest BCUT2D eigenvalue weighted by Crippen LogP contribution is -0.289. The lowest BCUT2D eigenvalue weighted by Gasteiger charge is -0.412. The first kappa shape index (κ1) is 62.5. The zero-order valence-corrected chi connectivity index (χ0v) is 1.21. The lowest BCUT2D eigenvalue weighted by atomic mass is 14.0. The van der Waals surface area contributed by atoms with Crippen molar-refractivity contribution >= 4 is 40.4 Å². The molecule has 0 unspecified atom stereocenters. The first-order chi connectivity index (χ1) is 0. The molecule has 0 rings (SSSR count). The van der Waals surface area contributed by atoms with Crippen molar-refractivity contribution in [2.45, 2.75) is 0 Å². The normalized spacial score (nSPS) is 0. The summed E-state index contributed by atoms with van der Waals surface area (Å²) in [5.41, 5.74) is 0. The van der Waals surface area contributed by atoms with Gasteiger partial charge in [0.15, 0.2) is 17.4 Å². The Kier molecular flexibility index (Phi) is 460. The number of hydrogen-bond acceptors (Lipinski definition) is 1. The van der Waals surface area contributed by atoms with Gasteiger partial charge >= 0.3 is 23.1 Å². The van der Waals surface area contributed by atoms with Gasteiger partial charge in [0.2, 0.25) is 0 Å². The van der Waals surface area contributed by atoms with E-state index in [-0.39, 0.29) is 52.0 Å². The molecule has 5 N–H and O–H groups in total. The molecule has 0 radical (unpaired) electrons. The van der Waals surface area contributed by atoms with Crippen molar-refractivity contribution in [3.63, 3.8) is 0 Å². The number of hydrogen-bond donors (Lipinski definition) is 1. The SMILES string of the molecule is N.O.[AlH3].[MgH2]. The molecule has 26 valence electrons. The second-order valence-corrected chi connectivity index (χ2v) is 0. The van der Waals surface area contributed by atoms with Crippen LogP contribution in [-0.2, 0) is 0 Å². The van der Waals surface area contributed by atoms with Crippen LogP contribution in [0.1, 0.15) is 0 Å². The third kappa shape index (κ3) is 10.7. The van der Waals surface area contributed by atoms with E-state index in [1.54, 1.807) is 0 Å². The Bertz CT molecular complexity index is 8.00. The number of rotatable bonds is 0. The molecule has 0 aliphatic carbocycles. The first-order valence-electron chi connectivity index (χ1n) is 0. The molecule has 0 aromatic rings. The Balaban J connectivity index is 0. The predicted octanol–water partition coefficient (Wildman–Crippen LogP) is -2.76. The van der Waals surface area contributed by atoms with Crippen molar-refractivity contribution in [3.8, 4) is 0 Å². The fourth-order valence-corrected chi connectivity index (χ4v) is 0. The topological polar surface area (TPSA) is 66.5 Å². The largest absolute Gasteiger partial charge is 0.412 e. The standard InChI is InChI=1S/Al.Mg.H3N.H2O.5H/h;;1H3;1H2;;;;;. The third-order valence-corrected chi connectivity index (χ3v) is 0. The minimum atomic E-state index is 0. The van der Waals surface area contributed by atoms with Gasteiger partial charge < -0.3 is 11.6 Å². The predicted molar refractivity (Wildman–Crippen MR) is 27.1 cm³/mol. The van der Waals surface area contributed by atoms with E-state index in [4.69, 9.17) is 0 Å². The van der Waals surface area contributed by atoms with Gasteiger partial charge in [-0.2, -0.15) is 0 Å². The molecule has 2 nitrogen and oxygen atoms in total.